The van der Waals surface area contributed by atoms with E-state index in [-0.39, 0.29) is 81.8 Å². The fraction of sp³-hybridized carbons (Fsp3) is 0. The van der Waals surface area contributed by atoms with Crippen molar-refractivity contribution in [2.75, 3.05) is 0 Å². The number of hydrogen-bond donors (Lipinski definition) is 0. The molecule has 0 amide bonds. The van der Waals surface area contributed by atoms with E-state index in [2.05, 4.69) is 0 Å². The maximum absolute atomic E-state index is 0. The molecule has 38 valence electrons. The van der Waals surface area contributed by atoms with Crippen molar-refractivity contribution in [3.8, 4) is 0 Å². The third kappa shape index (κ3) is 8.82. The van der Waals surface area contributed by atoms with E-state index >= 15 is 0 Å². The van der Waals surface area contributed by atoms with Crippen LogP contribution in [0.5, 0.6) is 0 Å². The summed E-state index contributed by atoms with van der Waals surface area (Å²) in [6.45, 7) is 0. The van der Waals surface area contributed by atoms with Crippen LogP contribution in [-0.4, -0.2) is 42.4 Å². The average Bonchev–Trinajstić information content (AvgIpc) is 0. The second-order valence-corrected chi connectivity index (χ2v) is 0. The van der Waals surface area contributed by atoms with Crippen LogP contribution in [0.2, 0.25) is 0 Å². The second-order valence-electron chi connectivity index (χ2n) is 0. The van der Waals surface area contributed by atoms with Crippen molar-refractivity contribution in [2.24, 2.45) is 0 Å². The van der Waals surface area contributed by atoms with E-state index in [0.29, 0.717) is 0 Å². The first kappa shape index (κ1) is 30.3. The normalized spacial score (nSPS) is 0. The molecule has 0 bridgehead atoms. The Morgan fingerprint density at radius 2 is 1.00 bits per heavy atom. The third-order valence-electron chi connectivity index (χ3n) is 0. The van der Waals surface area contributed by atoms with Crippen LogP contribution in [0.4, 0.5) is 0 Å². The van der Waals surface area contributed by atoms with Gasteiger partial charge in [-0.1, -0.05) is 0 Å². The molecule has 1 unspecified atom stereocenters. The SMILES string of the molecule is [AsH3].[Au].[Cu].[SbH3]. The second kappa shape index (κ2) is 17.4. The summed E-state index contributed by atoms with van der Waals surface area (Å²) in [6, 6.07) is 0. The van der Waals surface area contributed by atoms with Crippen molar-refractivity contribution in [1.29, 1.82) is 0 Å². The van der Waals surface area contributed by atoms with Gasteiger partial charge < -0.3 is 0 Å². The molecule has 0 aromatic rings. The van der Waals surface area contributed by atoms with E-state index in [1.54, 1.807) is 0 Å². The van der Waals surface area contributed by atoms with Crippen LogP contribution < -0.4 is 0 Å². The summed E-state index contributed by atoms with van der Waals surface area (Å²) in [5, 5.41) is 0. The quantitative estimate of drug-likeness (QED) is 0.353. The predicted octanol–water partition coefficient (Wildman–Crippen LogP) is -2.37. The van der Waals surface area contributed by atoms with Crippen molar-refractivity contribution in [2.45, 2.75) is 0 Å². The van der Waals surface area contributed by atoms with Gasteiger partial charge in [0.1, 0.15) is 0 Å². The topological polar surface area (TPSA) is 0 Å². The van der Waals surface area contributed by atoms with Crippen LogP contribution in [-0.2, 0) is 39.4 Å². The van der Waals surface area contributed by atoms with Crippen molar-refractivity contribution in [3.63, 3.8) is 0 Å². The van der Waals surface area contributed by atoms with Gasteiger partial charge >= 0.3 is 42.4 Å². The molecule has 0 saturated heterocycles. The number of rotatable bonds is 0. The minimum atomic E-state index is 0. The van der Waals surface area contributed by atoms with Gasteiger partial charge in [0.15, 0.2) is 0 Å². The molecule has 4 heteroatoms. The molecule has 0 N–H and O–H groups in total. The molecule has 0 aliphatic heterocycles. The Kier molecular flexibility index (Phi) is 132. The molecule has 0 saturated carbocycles. The van der Waals surface area contributed by atoms with Crippen molar-refractivity contribution >= 4 is 42.4 Å². The maximum atomic E-state index is 0. The molecule has 0 nitrogen and oxygen atoms in total. The summed E-state index contributed by atoms with van der Waals surface area (Å²) in [4.78, 5) is 0. The Hall–Kier alpha value is 2.64. The van der Waals surface area contributed by atoms with Gasteiger partial charge in [0, 0.05) is 39.4 Å². The van der Waals surface area contributed by atoms with E-state index in [1.165, 1.54) is 0 Å². The summed E-state index contributed by atoms with van der Waals surface area (Å²) >= 11 is 0. The van der Waals surface area contributed by atoms with Crippen molar-refractivity contribution < 1.29 is 39.4 Å². The van der Waals surface area contributed by atoms with Crippen LogP contribution in [0.15, 0.2) is 0 Å². The van der Waals surface area contributed by atoms with Gasteiger partial charge in [-0.2, -0.15) is 0 Å². The molecule has 4 heavy (non-hydrogen) atoms. The fourth-order valence-electron chi connectivity index (χ4n) is 0. The molecule has 0 aromatic carbocycles. The van der Waals surface area contributed by atoms with Crippen LogP contribution in [0.1, 0.15) is 0 Å². The predicted molar refractivity (Wildman–Crippen MR) is 19.9 cm³/mol. The van der Waals surface area contributed by atoms with Crippen LogP contribution in [0.25, 0.3) is 0 Å². The van der Waals surface area contributed by atoms with Crippen LogP contribution in [0, 0.1) is 0 Å². The summed E-state index contributed by atoms with van der Waals surface area (Å²) in [7, 11) is 0. The summed E-state index contributed by atoms with van der Waals surface area (Å²) < 4.78 is 0. The Morgan fingerprint density at radius 3 is 1.00 bits per heavy atom. The molecule has 2 radical (unpaired) electrons. The molecule has 0 fully saturated rings. The molecular weight excluding hydrogens is 457 g/mol. The molecule has 0 spiro atoms. The molecule has 0 aromatic heterocycles. The molecule has 0 rings (SSSR count). The monoisotopic (exact) mass is 462 g/mol. The Labute approximate surface area is 80.6 Å². The molecule has 0 heterocycles. The first-order chi connectivity index (χ1) is 0. The van der Waals surface area contributed by atoms with E-state index in [0.717, 1.165) is 0 Å². The van der Waals surface area contributed by atoms with Gasteiger partial charge in [0.25, 0.3) is 0 Å². The van der Waals surface area contributed by atoms with E-state index in [1.807, 2.05) is 0 Å². The van der Waals surface area contributed by atoms with Gasteiger partial charge in [0.2, 0.25) is 0 Å². The zero-order valence-corrected chi connectivity index (χ0v) is 12.1. The zero-order valence-electron chi connectivity index (χ0n) is 2.02. The van der Waals surface area contributed by atoms with Crippen molar-refractivity contribution in [1.82, 2.24) is 0 Å². The zero-order chi connectivity index (χ0) is 0. The van der Waals surface area contributed by atoms with E-state index in [4.69, 9.17) is 0 Å². The van der Waals surface area contributed by atoms with Gasteiger partial charge in [-0.15, -0.1) is 0 Å². The first-order valence-corrected chi connectivity index (χ1v) is 0. The van der Waals surface area contributed by atoms with Gasteiger partial charge in [0.05, 0.1) is 0 Å². The Bertz CT molecular complexity index is 8.00. The molecular formula is H6AsAuCuSb. The van der Waals surface area contributed by atoms with Crippen molar-refractivity contribution in [3.05, 3.63) is 0 Å². The molecule has 1 atom stereocenters. The molecule has 0 aliphatic rings. The standard InChI is InChI=1S/AsH3.Au.Cu.Sb.3H/h1H3;;;;;;. The minimum absolute atomic E-state index is 0. The van der Waals surface area contributed by atoms with Gasteiger partial charge in [-0.3, -0.25) is 0 Å². The Morgan fingerprint density at radius 1 is 1.00 bits per heavy atom. The van der Waals surface area contributed by atoms with Crippen LogP contribution in [0.3, 0.4) is 0 Å². The third-order valence-corrected chi connectivity index (χ3v) is 0. The first-order valence-electron chi connectivity index (χ1n) is 0. The summed E-state index contributed by atoms with van der Waals surface area (Å²) in [5.74, 6) is 0. The van der Waals surface area contributed by atoms with Gasteiger partial charge in [-0.05, 0) is 0 Å². The molecule has 0 aliphatic carbocycles. The van der Waals surface area contributed by atoms with Crippen LogP contribution >= 0.6 is 0 Å². The Balaban J connectivity index is 0. The summed E-state index contributed by atoms with van der Waals surface area (Å²) in [5.41, 5.74) is 0. The van der Waals surface area contributed by atoms with E-state index in [9.17, 15) is 0 Å². The summed E-state index contributed by atoms with van der Waals surface area (Å²) in [6.07, 6.45) is 0. The van der Waals surface area contributed by atoms with Gasteiger partial charge in [-0.25, -0.2) is 0 Å². The average molecular weight is 463 g/mol. The van der Waals surface area contributed by atoms with E-state index < -0.39 is 0 Å². The fourth-order valence-corrected chi connectivity index (χ4v) is 0. The number of hydrogen-bond acceptors (Lipinski definition) is 0.